The molecule has 4 rings (SSSR count). The number of carbonyl (C=O) groups is 1. The number of hydrogen-bond donors (Lipinski definition) is 1. The minimum absolute atomic E-state index is 0.118. The van der Waals surface area contributed by atoms with Crippen molar-refractivity contribution in [3.8, 4) is 5.75 Å². The van der Waals surface area contributed by atoms with Crippen molar-refractivity contribution in [2.45, 2.75) is 32.4 Å². The molecule has 0 saturated carbocycles. The van der Waals surface area contributed by atoms with Crippen LogP contribution in [-0.2, 0) is 4.79 Å². The van der Waals surface area contributed by atoms with Gasteiger partial charge in [-0.3, -0.25) is 4.79 Å². The predicted molar refractivity (Wildman–Crippen MR) is 126 cm³/mol. The zero-order valence-corrected chi connectivity index (χ0v) is 17.9. The van der Waals surface area contributed by atoms with Crippen molar-refractivity contribution in [2.24, 2.45) is 0 Å². The van der Waals surface area contributed by atoms with Gasteiger partial charge in [0.25, 0.3) is 5.91 Å². The molecule has 0 aliphatic rings. The molecule has 31 heavy (non-hydrogen) atoms. The molecule has 3 heteroatoms. The second-order valence-corrected chi connectivity index (χ2v) is 7.73. The highest BCUT2D eigenvalue weighted by atomic mass is 16.5. The zero-order valence-electron chi connectivity index (χ0n) is 17.9. The minimum atomic E-state index is -0.573. The van der Waals surface area contributed by atoms with Crippen molar-refractivity contribution in [3.63, 3.8) is 0 Å². The lowest BCUT2D eigenvalue weighted by molar-refractivity contribution is -0.128. The fourth-order valence-electron chi connectivity index (χ4n) is 3.86. The highest BCUT2D eigenvalue weighted by molar-refractivity contribution is 5.85. The maximum atomic E-state index is 13.3. The van der Waals surface area contributed by atoms with Gasteiger partial charge in [-0.15, -0.1) is 0 Å². The molecule has 0 fully saturated rings. The van der Waals surface area contributed by atoms with Gasteiger partial charge in [0.2, 0.25) is 0 Å². The highest BCUT2D eigenvalue weighted by Crippen LogP contribution is 2.26. The van der Waals surface area contributed by atoms with Gasteiger partial charge in [0.05, 0.1) is 6.04 Å². The lowest BCUT2D eigenvalue weighted by Gasteiger charge is -2.25. The number of hydrogen-bond acceptors (Lipinski definition) is 2. The summed E-state index contributed by atoms with van der Waals surface area (Å²) < 4.78 is 6.12. The van der Waals surface area contributed by atoms with Crippen LogP contribution in [0.1, 0.15) is 36.1 Å². The van der Waals surface area contributed by atoms with Crippen LogP contribution in [0, 0.1) is 6.92 Å². The summed E-state index contributed by atoms with van der Waals surface area (Å²) >= 11 is 0. The van der Waals surface area contributed by atoms with Gasteiger partial charge >= 0.3 is 0 Å². The fraction of sp³-hybridized carbons (Fsp3) is 0.179. The van der Waals surface area contributed by atoms with Crippen molar-refractivity contribution in [1.29, 1.82) is 0 Å². The molecule has 0 radical (unpaired) electrons. The van der Waals surface area contributed by atoms with Gasteiger partial charge in [0.1, 0.15) is 5.75 Å². The van der Waals surface area contributed by atoms with Crippen molar-refractivity contribution >= 4 is 16.7 Å². The molecule has 1 N–H and O–H groups in total. The van der Waals surface area contributed by atoms with E-state index < -0.39 is 6.10 Å². The maximum absolute atomic E-state index is 13.3. The highest BCUT2D eigenvalue weighted by Gasteiger charge is 2.24. The summed E-state index contributed by atoms with van der Waals surface area (Å²) in [7, 11) is 0. The molecule has 3 nitrogen and oxygen atoms in total. The van der Waals surface area contributed by atoms with E-state index >= 15 is 0 Å². The third kappa shape index (κ3) is 4.77. The number of carbonyl (C=O) groups excluding carboxylic acids is 1. The van der Waals surface area contributed by atoms with Crippen molar-refractivity contribution in [3.05, 3.63) is 114 Å². The third-order valence-electron chi connectivity index (χ3n) is 5.58. The second-order valence-electron chi connectivity index (χ2n) is 7.73. The molecule has 0 unspecified atom stereocenters. The molecule has 1 amide bonds. The normalized spacial score (nSPS) is 12.8. The molecule has 0 saturated heterocycles. The van der Waals surface area contributed by atoms with Crippen LogP contribution < -0.4 is 10.1 Å². The summed E-state index contributed by atoms with van der Waals surface area (Å²) in [5.41, 5.74) is 3.27. The van der Waals surface area contributed by atoms with E-state index in [0.717, 1.165) is 27.5 Å². The fourth-order valence-corrected chi connectivity index (χ4v) is 3.86. The Bertz CT molecular complexity index is 1170. The molecule has 4 aromatic carbocycles. The largest absolute Gasteiger partial charge is 0.481 e. The molecule has 156 valence electrons. The molecule has 4 aromatic rings. The Morgan fingerprint density at radius 1 is 0.839 bits per heavy atom. The van der Waals surface area contributed by atoms with Crippen LogP contribution in [0.25, 0.3) is 10.8 Å². The van der Waals surface area contributed by atoms with Crippen LogP contribution in [0.4, 0.5) is 0 Å². The number of amides is 1. The topological polar surface area (TPSA) is 38.3 Å². The maximum Gasteiger partial charge on any atom is 0.261 e. The van der Waals surface area contributed by atoms with Crippen LogP contribution in [0.3, 0.4) is 0 Å². The van der Waals surface area contributed by atoms with E-state index in [-0.39, 0.29) is 11.9 Å². The summed E-state index contributed by atoms with van der Waals surface area (Å²) in [6.07, 6.45) is 0.00454. The number of fused-ring (bicyclic) bond motifs is 1. The monoisotopic (exact) mass is 409 g/mol. The molecular weight excluding hydrogens is 382 g/mol. The Balaban J connectivity index is 1.58. The average Bonchev–Trinajstić information content (AvgIpc) is 2.82. The number of aryl methyl sites for hydroxylation is 1. The molecule has 2 atom stereocenters. The summed E-state index contributed by atoms with van der Waals surface area (Å²) in [5, 5.41) is 5.48. The van der Waals surface area contributed by atoms with Crippen LogP contribution in [0.15, 0.2) is 97.1 Å². The molecular formula is C28H27NO2. The molecule has 0 heterocycles. The van der Waals surface area contributed by atoms with Gasteiger partial charge in [0.15, 0.2) is 6.10 Å². The minimum Gasteiger partial charge on any atom is -0.481 e. The van der Waals surface area contributed by atoms with E-state index in [1.165, 1.54) is 0 Å². The lowest BCUT2D eigenvalue weighted by atomic mass is 9.94. The van der Waals surface area contributed by atoms with Gasteiger partial charge < -0.3 is 10.1 Å². The third-order valence-corrected chi connectivity index (χ3v) is 5.58. The summed E-state index contributed by atoms with van der Waals surface area (Å²) in [6, 6.07) is 32.1. The average molecular weight is 410 g/mol. The SMILES string of the molecule is CC[C@@H](Oc1ccc2ccccc2c1)C(=O)N[C@@H](c1ccccc1)c1ccccc1C. The quantitative estimate of drug-likeness (QED) is 0.394. The lowest BCUT2D eigenvalue weighted by Crippen LogP contribution is -2.40. The van der Waals surface area contributed by atoms with Gasteiger partial charge in [0, 0.05) is 0 Å². The first-order valence-corrected chi connectivity index (χ1v) is 10.7. The van der Waals surface area contributed by atoms with Gasteiger partial charge in [-0.1, -0.05) is 91.9 Å². The Labute approximate surface area is 183 Å². The van der Waals surface area contributed by atoms with Crippen molar-refractivity contribution in [2.75, 3.05) is 0 Å². The molecule has 0 spiro atoms. The first-order chi connectivity index (χ1) is 15.2. The van der Waals surface area contributed by atoms with E-state index in [9.17, 15) is 4.79 Å². The van der Waals surface area contributed by atoms with Crippen molar-refractivity contribution in [1.82, 2.24) is 5.32 Å². The summed E-state index contributed by atoms with van der Waals surface area (Å²) in [4.78, 5) is 13.3. The van der Waals surface area contributed by atoms with E-state index in [0.29, 0.717) is 12.2 Å². The van der Waals surface area contributed by atoms with Gasteiger partial charge in [-0.25, -0.2) is 0 Å². The van der Waals surface area contributed by atoms with Crippen molar-refractivity contribution < 1.29 is 9.53 Å². The number of nitrogens with one attached hydrogen (secondary N) is 1. The predicted octanol–water partition coefficient (Wildman–Crippen LogP) is 6.21. The Morgan fingerprint density at radius 3 is 2.26 bits per heavy atom. The number of benzene rings is 4. The van der Waals surface area contributed by atoms with E-state index in [1.54, 1.807) is 0 Å². The van der Waals surface area contributed by atoms with Gasteiger partial charge in [-0.05, 0) is 52.9 Å². The summed E-state index contributed by atoms with van der Waals surface area (Å²) in [5.74, 6) is 0.584. The zero-order chi connectivity index (χ0) is 21.6. The molecule has 0 bridgehead atoms. The Hall–Kier alpha value is -3.59. The van der Waals surface area contributed by atoms with E-state index in [2.05, 4.69) is 30.4 Å². The van der Waals surface area contributed by atoms with Crippen LogP contribution >= 0.6 is 0 Å². The number of rotatable bonds is 7. The smallest absolute Gasteiger partial charge is 0.261 e. The van der Waals surface area contributed by atoms with Crippen LogP contribution in [0.2, 0.25) is 0 Å². The van der Waals surface area contributed by atoms with E-state index in [1.807, 2.05) is 85.8 Å². The van der Waals surface area contributed by atoms with Crippen LogP contribution in [-0.4, -0.2) is 12.0 Å². The number of ether oxygens (including phenoxy) is 1. The first-order valence-electron chi connectivity index (χ1n) is 10.7. The second kappa shape index (κ2) is 9.48. The first kappa shape index (κ1) is 20.7. The summed E-state index contributed by atoms with van der Waals surface area (Å²) in [6.45, 7) is 4.04. The van der Waals surface area contributed by atoms with E-state index in [4.69, 9.17) is 4.74 Å². The van der Waals surface area contributed by atoms with Crippen LogP contribution in [0.5, 0.6) is 5.75 Å². The Morgan fingerprint density at radius 2 is 1.52 bits per heavy atom. The van der Waals surface area contributed by atoms with Gasteiger partial charge in [-0.2, -0.15) is 0 Å². The molecule has 0 aromatic heterocycles. The standard InChI is InChI=1S/C28H27NO2/c1-3-26(31-24-18-17-21-12-8-9-15-23(21)19-24)28(30)29-27(22-13-5-4-6-14-22)25-16-10-7-11-20(25)2/h4-19,26-27H,3H2,1-2H3,(H,29,30)/t26-,27+/m1/s1. The molecule has 0 aliphatic heterocycles. The Kier molecular flexibility index (Phi) is 6.32. The molecule has 0 aliphatic carbocycles.